The molecule has 4 rings (SSSR count). The lowest BCUT2D eigenvalue weighted by molar-refractivity contribution is -0.144. The highest BCUT2D eigenvalue weighted by atomic mass is 19.3. The number of hydrogen-bond donors (Lipinski definition) is 2. The van der Waals surface area contributed by atoms with Gasteiger partial charge in [0.25, 0.3) is 5.92 Å². The largest absolute Gasteiger partial charge is 0.467 e. The Balaban J connectivity index is 1.34. The number of carbonyl (C=O) groups excluding carboxylic acids is 2. The van der Waals surface area contributed by atoms with Crippen LogP contribution in [-0.4, -0.2) is 79.6 Å². The fourth-order valence-electron chi connectivity index (χ4n) is 4.69. The van der Waals surface area contributed by atoms with Crippen LogP contribution in [-0.2, 0) is 19.0 Å². The first-order chi connectivity index (χ1) is 17.2. The Morgan fingerprint density at radius 1 is 1.08 bits per heavy atom. The van der Waals surface area contributed by atoms with Crippen molar-refractivity contribution in [1.29, 1.82) is 0 Å². The van der Waals surface area contributed by atoms with Gasteiger partial charge in [-0.1, -0.05) is 48.5 Å². The Bertz CT molecular complexity index is 1100. The number of halogens is 2. The summed E-state index contributed by atoms with van der Waals surface area (Å²) in [5.41, 5.74) is 4.18. The number of alkyl carbamates (subject to hydrolysis) is 1. The van der Waals surface area contributed by atoms with E-state index in [9.17, 15) is 23.2 Å². The number of carbonyl (C=O) groups is 3. The Hall–Kier alpha value is -3.73. The Morgan fingerprint density at radius 3 is 2.28 bits per heavy atom. The zero-order chi connectivity index (χ0) is 25.9. The molecule has 36 heavy (non-hydrogen) atoms. The summed E-state index contributed by atoms with van der Waals surface area (Å²) < 4.78 is 42.7. The minimum absolute atomic E-state index is 0.0271. The third kappa shape index (κ3) is 5.40. The number of fused-ring (bicyclic) bond motifs is 3. The highest BCUT2D eigenvalue weighted by Gasteiger charge is 2.47. The number of alkyl halides is 2. The fourth-order valence-corrected chi connectivity index (χ4v) is 4.69. The average molecular weight is 504 g/mol. The molecule has 2 amide bonds. The zero-order valence-corrected chi connectivity index (χ0v) is 19.5. The van der Waals surface area contributed by atoms with Crippen LogP contribution in [0.4, 0.5) is 18.4 Å². The van der Waals surface area contributed by atoms with Crippen molar-refractivity contribution in [2.24, 2.45) is 0 Å². The van der Waals surface area contributed by atoms with Crippen LogP contribution in [0.2, 0.25) is 0 Å². The lowest BCUT2D eigenvalue weighted by atomic mass is 9.98. The molecule has 0 spiro atoms. The first-order valence-corrected chi connectivity index (χ1v) is 11.3. The first-order valence-electron chi connectivity index (χ1n) is 11.3. The van der Waals surface area contributed by atoms with E-state index in [4.69, 9.17) is 14.6 Å². The molecule has 1 aliphatic carbocycles. The van der Waals surface area contributed by atoms with E-state index in [1.807, 2.05) is 48.5 Å². The molecule has 1 fully saturated rings. The number of rotatable bonds is 8. The predicted molar refractivity (Wildman–Crippen MR) is 123 cm³/mol. The second-order valence-corrected chi connectivity index (χ2v) is 8.71. The van der Waals surface area contributed by atoms with Crippen LogP contribution in [0, 0.1) is 0 Å². The molecule has 2 aromatic carbocycles. The van der Waals surface area contributed by atoms with Crippen LogP contribution in [0.5, 0.6) is 0 Å². The number of benzene rings is 2. The van der Waals surface area contributed by atoms with E-state index >= 15 is 0 Å². The maximum Gasteiger partial charge on any atom is 0.407 e. The molecule has 1 heterocycles. The summed E-state index contributed by atoms with van der Waals surface area (Å²) in [5, 5.41) is 11.5. The molecule has 2 atom stereocenters. The number of ether oxygens (including phenoxy) is 3. The van der Waals surface area contributed by atoms with Crippen LogP contribution in [0.15, 0.2) is 48.5 Å². The quantitative estimate of drug-likeness (QED) is 0.529. The highest BCUT2D eigenvalue weighted by Crippen LogP contribution is 2.44. The van der Waals surface area contributed by atoms with Crippen LogP contribution < -0.4 is 5.32 Å². The summed E-state index contributed by atoms with van der Waals surface area (Å²) in [4.78, 5) is 36.5. The van der Waals surface area contributed by atoms with Crippen LogP contribution in [0.25, 0.3) is 11.1 Å². The molecule has 0 aromatic heterocycles. The van der Waals surface area contributed by atoms with Gasteiger partial charge in [0, 0.05) is 12.3 Å². The molecule has 9 nitrogen and oxygen atoms in total. The van der Waals surface area contributed by atoms with E-state index in [-0.39, 0.29) is 19.1 Å². The molecule has 1 saturated heterocycles. The SMILES string of the molecule is COC(=O)C(COC[C@@H]1CC(F)(F)CN1C(=O)O)NC(=O)OCC1c2ccccc2-c2ccccc21. The van der Waals surface area contributed by atoms with Crippen molar-refractivity contribution >= 4 is 18.2 Å². The number of nitrogens with one attached hydrogen (secondary N) is 1. The minimum Gasteiger partial charge on any atom is -0.467 e. The number of methoxy groups -OCH3 is 1. The van der Waals surface area contributed by atoms with Crippen LogP contribution in [0.1, 0.15) is 23.5 Å². The number of nitrogens with zero attached hydrogens (tertiary/aromatic N) is 1. The van der Waals surface area contributed by atoms with Crippen molar-refractivity contribution in [2.75, 3.05) is 33.5 Å². The van der Waals surface area contributed by atoms with Gasteiger partial charge in [-0.25, -0.2) is 23.2 Å². The monoisotopic (exact) mass is 504 g/mol. The van der Waals surface area contributed by atoms with Crippen molar-refractivity contribution in [3.05, 3.63) is 59.7 Å². The number of esters is 1. The van der Waals surface area contributed by atoms with Gasteiger partial charge in [-0.15, -0.1) is 0 Å². The molecule has 192 valence electrons. The van der Waals surface area contributed by atoms with E-state index in [2.05, 4.69) is 10.1 Å². The van der Waals surface area contributed by atoms with Gasteiger partial charge in [-0.05, 0) is 22.3 Å². The number of hydrogen-bond acceptors (Lipinski definition) is 6. The maximum atomic E-state index is 13.6. The third-order valence-corrected chi connectivity index (χ3v) is 6.34. The molecule has 1 aliphatic heterocycles. The minimum atomic E-state index is -3.16. The van der Waals surface area contributed by atoms with E-state index in [1.165, 1.54) is 0 Å². The Kier molecular flexibility index (Phi) is 7.39. The standard InChI is InChI=1S/C25H26F2N2O7/c1-34-22(30)21(13-35-11-15-10-25(26,27)14-29(15)24(32)33)28-23(31)36-12-20-18-8-4-2-6-16(18)17-7-3-5-9-19(17)20/h2-9,15,20-21H,10-14H2,1H3,(H,28,31)(H,32,33)/t15-,21?/m0/s1. The van der Waals surface area contributed by atoms with Crippen LogP contribution in [0.3, 0.4) is 0 Å². The number of amides is 2. The average Bonchev–Trinajstić information content (AvgIpc) is 3.35. The lowest BCUT2D eigenvalue weighted by Gasteiger charge is -2.22. The van der Waals surface area contributed by atoms with Gasteiger partial charge in [0.05, 0.1) is 32.9 Å². The van der Waals surface area contributed by atoms with E-state index in [1.54, 1.807) is 0 Å². The van der Waals surface area contributed by atoms with E-state index in [0.29, 0.717) is 4.90 Å². The van der Waals surface area contributed by atoms with Crippen molar-refractivity contribution in [1.82, 2.24) is 10.2 Å². The first kappa shape index (κ1) is 25.4. The molecule has 2 aromatic rings. The lowest BCUT2D eigenvalue weighted by Crippen LogP contribution is -2.46. The van der Waals surface area contributed by atoms with Crippen molar-refractivity contribution in [3.8, 4) is 11.1 Å². The topological polar surface area (TPSA) is 114 Å². The van der Waals surface area contributed by atoms with Gasteiger partial charge < -0.3 is 24.6 Å². The molecule has 0 bridgehead atoms. The summed E-state index contributed by atoms with van der Waals surface area (Å²) in [7, 11) is 1.12. The summed E-state index contributed by atoms with van der Waals surface area (Å²) in [5.74, 6) is -4.16. The van der Waals surface area contributed by atoms with Crippen molar-refractivity contribution in [3.63, 3.8) is 0 Å². The second kappa shape index (κ2) is 10.5. The smallest absolute Gasteiger partial charge is 0.407 e. The Labute approximate surface area is 205 Å². The molecule has 11 heteroatoms. The summed E-state index contributed by atoms with van der Waals surface area (Å²) >= 11 is 0. The highest BCUT2D eigenvalue weighted by molar-refractivity contribution is 5.82. The predicted octanol–water partition coefficient (Wildman–Crippen LogP) is 3.47. The van der Waals surface area contributed by atoms with Crippen molar-refractivity contribution < 1.29 is 42.5 Å². The summed E-state index contributed by atoms with van der Waals surface area (Å²) in [6.07, 6.45) is -3.06. The van der Waals surface area contributed by atoms with Crippen LogP contribution >= 0.6 is 0 Å². The molecule has 0 saturated carbocycles. The van der Waals surface area contributed by atoms with Gasteiger partial charge in [-0.3, -0.25) is 4.90 Å². The summed E-state index contributed by atoms with van der Waals surface area (Å²) in [6.45, 7) is -1.68. The fraction of sp³-hybridized carbons (Fsp3) is 0.400. The van der Waals surface area contributed by atoms with E-state index < -0.39 is 55.7 Å². The number of carboxylic acid groups (broad SMARTS) is 1. The maximum absolute atomic E-state index is 13.6. The van der Waals surface area contributed by atoms with Crippen molar-refractivity contribution in [2.45, 2.75) is 30.3 Å². The van der Waals surface area contributed by atoms with Gasteiger partial charge >= 0.3 is 18.2 Å². The number of likely N-dealkylation sites (tertiary alicyclic amines) is 1. The normalized spacial score (nSPS) is 18.8. The van der Waals surface area contributed by atoms with E-state index in [0.717, 1.165) is 29.4 Å². The third-order valence-electron chi connectivity index (χ3n) is 6.34. The van der Waals surface area contributed by atoms with Gasteiger partial charge in [0.15, 0.2) is 6.04 Å². The van der Waals surface area contributed by atoms with Gasteiger partial charge in [-0.2, -0.15) is 0 Å². The molecular weight excluding hydrogens is 478 g/mol. The van der Waals surface area contributed by atoms with Gasteiger partial charge in [0.2, 0.25) is 0 Å². The van der Waals surface area contributed by atoms with Gasteiger partial charge in [0.1, 0.15) is 6.61 Å². The summed E-state index contributed by atoms with van der Waals surface area (Å²) in [6, 6.07) is 13.3. The molecule has 0 radical (unpaired) electrons. The molecule has 1 unspecified atom stereocenters. The molecular formula is C25H26F2N2O7. The second-order valence-electron chi connectivity index (χ2n) is 8.71. The Morgan fingerprint density at radius 2 is 1.69 bits per heavy atom. The molecule has 2 aliphatic rings. The molecule has 2 N–H and O–H groups in total. The zero-order valence-electron chi connectivity index (χ0n) is 19.5.